The lowest BCUT2D eigenvalue weighted by Crippen LogP contribution is -2.70. The van der Waals surface area contributed by atoms with Gasteiger partial charge in [-0.25, -0.2) is 0 Å². The first kappa shape index (κ1) is 45.7. The summed E-state index contributed by atoms with van der Waals surface area (Å²) in [5.41, 5.74) is -6.49. The van der Waals surface area contributed by atoms with Gasteiger partial charge in [0, 0.05) is 21.7 Å². The zero-order valence-electron chi connectivity index (χ0n) is 31.0. The van der Waals surface area contributed by atoms with Crippen LogP contribution in [0.3, 0.4) is 0 Å². The third kappa shape index (κ3) is 13.0. The highest BCUT2D eigenvalue weighted by Crippen LogP contribution is 2.61. The Morgan fingerprint density at radius 2 is 0.354 bits per heavy atom. The van der Waals surface area contributed by atoms with Crippen molar-refractivity contribution in [2.24, 2.45) is 21.7 Å². The molecule has 1 saturated carbocycles. The summed E-state index contributed by atoms with van der Waals surface area (Å²) >= 11 is 0. The van der Waals surface area contributed by atoms with Gasteiger partial charge in [-0.15, -0.1) is 0 Å². The molecule has 1 fully saturated rings. The van der Waals surface area contributed by atoms with Crippen molar-refractivity contribution in [1.29, 1.82) is 0 Å². The lowest BCUT2D eigenvalue weighted by molar-refractivity contribution is -0.268. The summed E-state index contributed by atoms with van der Waals surface area (Å²) < 4.78 is 0. The molecule has 0 saturated heterocycles. The van der Waals surface area contributed by atoms with Crippen LogP contribution in [0.1, 0.15) is 180 Å². The molecule has 0 aliphatic heterocycles. The smallest absolute Gasteiger partial charge is 0.0523 e. The molecule has 8 N–H and O–H groups in total. The fraction of sp³-hybridized carbons (Fsp3) is 1.00. The van der Waals surface area contributed by atoms with Crippen LogP contribution in [-0.4, -0.2) is 93.7 Å². The molecule has 0 heterocycles. The van der Waals surface area contributed by atoms with Crippen molar-refractivity contribution in [2.45, 2.75) is 180 Å². The minimum Gasteiger partial charge on any atom is -0.396 e. The summed E-state index contributed by atoms with van der Waals surface area (Å²) in [6.07, 6.45) is 31.3. The van der Waals surface area contributed by atoms with Crippen LogP contribution in [0.4, 0.5) is 0 Å². The average molecular weight is 689 g/mol. The number of aliphatic hydroxyl groups excluding tert-OH is 8. The predicted octanol–water partition coefficient (Wildman–Crippen LogP) is 6.81. The van der Waals surface area contributed by atoms with E-state index in [0.29, 0.717) is 12.8 Å². The third-order valence-electron chi connectivity index (χ3n) is 12.8. The Labute approximate surface area is 294 Å². The molecule has 1 aliphatic rings. The monoisotopic (exact) mass is 689 g/mol. The van der Waals surface area contributed by atoms with Gasteiger partial charge in [0.05, 0.1) is 52.9 Å². The summed E-state index contributed by atoms with van der Waals surface area (Å²) in [7, 11) is 0. The van der Waals surface area contributed by atoms with Crippen molar-refractivity contribution in [3.63, 3.8) is 0 Å². The maximum absolute atomic E-state index is 11.0. The second kappa shape index (κ2) is 27.3. The SMILES string of the molecule is OCC1(CO)CCCCCCCCCCCCCCCCCCCCCCCCCCCCC(CO)(CO)C(CO)(CO)C1(CO)CO. The van der Waals surface area contributed by atoms with Gasteiger partial charge in [0.25, 0.3) is 0 Å². The first-order valence-electron chi connectivity index (χ1n) is 20.3. The van der Waals surface area contributed by atoms with Crippen molar-refractivity contribution in [3.8, 4) is 0 Å². The first-order valence-corrected chi connectivity index (χ1v) is 20.3. The van der Waals surface area contributed by atoms with Gasteiger partial charge < -0.3 is 40.9 Å². The molecule has 0 aromatic rings. The molecule has 0 unspecified atom stereocenters. The molecule has 0 bridgehead atoms. The van der Waals surface area contributed by atoms with Crippen molar-refractivity contribution in [3.05, 3.63) is 0 Å². The molecular weight excluding hydrogens is 608 g/mol. The van der Waals surface area contributed by atoms with Gasteiger partial charge in [-0.05, 0) is 12.8 Å². The molecule has 0 radical (unpaired) electrons. The normalized spacial score (nSPS) is 24.5. The highest BCUT2D eigenvalue weighted by atomic mass is 16.3. The van der Waals surface area contributed by atoms with Crippen LogP contribution in [0.15, 0.2) is 0 Å². The fourth-order valence-electron chi connectivity index (χ4n) is 9.06. The molecule has 1 aliphatic carbocycles. The Bertz CT molecular complexity index is 656. The van der Waals surface area contributed by atoms with E-state index in [4.69, 9.17) is 0 Å². The Morgan fingerprint density at radius 3 is 0.479 bits per heavy atom. The molecule has 1 rings (SSSR count). The van der Waals surface area contributed by atoms with Crippen molar-refractivity contribution >= 4 is 0 Å². The molecule has 48 heavy (non-hydrogen) atoms. The Kier molecular flexibility index (Phi) is 26.0. The van der Waals surface area contributed by atoms with Crippen molar-refractivity contribution in [1.82, 2.24) is 0 Å². The van der Waals surface area contributed by atoms with Crippen molar-refractivity contribution in [2.75, 3.05) is 52.9 Å². The van der Waals surface area contributed by atoms with Gasteiger partial charge in [0.1, 0.15) is 0 Å². The standard InChI is InChI=1S/C40H80O8/c41-29-37(30-42)27-25-23-21-19-17-15-13-11-9-7-5-3-1-2-4-6-8-10-12-14-16-18-20-22-24-26-28-38(31-43,32-44)40(35-47,36-48)39(37,33-45)34-46/h41-48H,1-36H2. The molecule has 0 atom stereocenters. The Hall–Kier alpha value is -0.320. The van der Waals surface area contributed by atoms with E-state index in [1.807, 2.05) is 0 Å². The van der Waals surface area contributed by atoms with E-state index in [-0.39, 0.29) is 12.8 Å². The van der Waals surface area contributed by atoms with E-state index in [1.165, 1.54) is 116 Å². The zero-order valence-corrected chi connectivity index (χ0v) is 31.0. The first-order chi connectivity index (χ1) is 23.4. The summed E-state index contributed by atoms with van der Waals surface area (Å²) in [6, 6.07) is 0. The van der Waals surface area contributed by atoms with Crippen LogP contribution in [0.5, 0.6) is 0 Å². The number of hydrogen-bond acceptors (Lipinski definition) is 8. The topological polar surface area (TPSA) is 162 Å². The van der Waals surface area contributed by atoms with E-state index in [1.54, 1.807) is 0 Å². The van der Waals surface area contributed by atoms with Crippen LogP contribution in [0.2, 0.25) is 0 Å². The number of rotatable bonds is 8. The van der Waals surface area contributed by atoms with Gasteiger partial charge in [-0.2, -0.15) is 0 Å². The molecule has 288 valence electrons. The lowest BCUT2D eigenvalue weighted by Gasteiger charge is -2.63. The minimum atomic E-state index is -1.78. The van der Waals surface area contributed by atoms with E-state index in [0.717, 1.165) is 38.5 Å². The van der Waals surface area contributed by atoms with Gasteiger partial charge in [0.15, 0.2) is 0 Å². The largest absolute Gasteiger partial charge is 0.396 e. The van der Waals surface area contributed by atoms with Crippen LogP contribution in [-0.2, 0) is 0 Å². The van der Waals surface area contributed by atoms with Gasteiger partial charge in [-0.3, -0.25) is 0 Å². The average Bonchev–Trinajstić information content (AvgIpc) is 3.12. The highest BCUT2D eigenvalue weighted by molar-refractivity contribution is 5.14. The van der Waals surface area contributed by atoms with Crippen LogP contribution < -0.4 is 0 Å². The lowest BCUT2D eigenvalue weighted by atomic mass is 9.42. The third-order valence-corrected chi connectivity index (χ3v) is 12.8. The molecule has 0 aromatic carbocycles. The second-order valence-electron chi connectivity index (χ2n) is 15.7. The van der Waals surface area contributed by atoms with E-state index < -0.39 is 74.5 Å². The number of hydrogen-bond donors (Lipinski definition) is 8. The summed E-state index contributed by atoms with van der Waals surface area (Å²) in [4.78, 5) is 0. The second-order valence-corrected chi connectivity index (χ2v) is 15.7. The molecular formula is C40H80O8. The van der Waals surface area contributed by atoms with Gasteiger partial charge >= 0.3 is 0 Å². The van der Waals surface area contributed by atoms with Gasteiger partial charge in [0.2, 0.25) is 0 Å². The number of aliphatic hydroxyl groups is 8. The zero-order chi connectivity index (χ0) is 35.5. The molecule has 8 nitrogen and oxygen atoms in total. The summed E-state index contributed by atoms with van der Waals surface area (Å²) in [5, 5.41) is 87.5. The highest BCUT2D eigenvalue weighted by Gasteiger charge is 2.68. The molecule has 8 heteroatoms. The Morgan fingerprint density at radius 1 is 0.208 bits per heavy atom. The maximum Gasteiger partial charge on any atom is 0.0523 e. The van der Waals surface area contributed by atoms with Gasteiger partial charge in [-0.1, -0.05) is 167 Å². The van der Waals surface area contributed by atoms with Crippen LogP contribution in [0.25, 0.3) is 0 Å². The molecule has 0 aromatic heterocycles. The summed E-state index contributed by atoms with van der Waals surface area (Å²) in [6.45, 7) is -5.31. The van der Waals surface area contributed by atoms with Crippen molar-refractivity contribution < 1.29 is 40.9 Å². The molecule has 0 spiro atoms. The predicted molar refractivity (Wildman–Crippen MR) is 196 cm³/mol. The van der Waals surface area contributed by atoms with E-state index >= 15 is 0 Å². The quantitative estimate of drug-likeness (QED) is 0.138. The maximum atomic E-state index is 11.0. The van der Waals surface area contributed by atoms with E-state index in [2.05, 4.69) is 0 Å². The fourth-order valence-corrected chi connectivity index (χ4v) is 9.06. The Balaban J connectivity index is 3.07. The molecule has 0 amide bonds. The van der Waals surface area contributed by atoms with E-state index in [9.17, 15) is 40.9 Å². The summed E-state index contributed by atoms with van der Waals surface area (Å²) in [5.74, 6) is 0. The van der Waals surface area contributed by atoms with Crippen LogP contribution in [0, 0.1) is 21.7 Å². The minimum absolute atomic E-state index is 0.260. The van der Waals surface area contributed by atoms with Crippen LogP contribution >= 0.6 is 0 Å².